The molecule has 5 nitrogen and oxygen atoms in total. The first-order valence-electron chi connectivity index (χ1n) is 7.06. The molecule has 0 bridgehead atoms. The number of nitrogens with zero attached hydrogens (tertiary/aromatic N) is 3. The molecule has 3 N–H and O–H groups in total. The molecule has 0 saturated carbocycles. The number of aromatic nitrogens is 2. The second-order valence-corrected chi connectivity index (χ2v) is 6.12. The van der Waals surface area contributed by atoms with Gasteiger partial charge in [-0.2, -0.15) is 0 Å². The zero-order valence-electron chi connectivity index (χ0n) is 12.5. The van der Waals surface area contributed by atoms with E-state index < -0.39 is 0 Å². The van der Waals surface area contributed by atoms with Gasteiger partial charge in [0.2, 0.25) is 0 Å². The number of hydrogen-bond donors (Lipinski definition) is 2. The molecule has 2 heterocycles. The molecule has 19 heavy (non-hydrogen) atoms. The van der Waals surface area contributed by atoms with Gasteiger partial charge in [-0.25, -0.2) is 15.8 Å². The summed E-state index contributed by atoms with van der Waals surface area (Å²) in [6.45, 7) is 10.8. The van der Waals surface area contributed by atoms with Crippen LogP contribution >= 0.6 is 0 Å². The maximum absolute atomic E-state index is 5.57. The van der Waals surface area contributed by atoms with Crippen molar-refractivity contribution in [3.05, 3.63) is 11.4 Å². The molecule has 1 aromatic rings. The summed E-state index contributed by atoms with van der Waals surface area (Å²) in [5, 5.41) is 0. The van der Waals surface area contributed by atoms with Crippen molar-refractivity contribution in [1.29, 1.82) is 0 Å². The molecule has 1 saturated heterocycles. The first-order chi connectivity index (χ1) is 8.96. The number of hydrogen-bond acceptors (Lipinski definition) is 5. The predicted octanol–water partition coefficient (Wildman–Crippen LogP) is 2.26. The van der Waals surface area contributed by atoms with Crippen molar-refractivity contribution in [1.82, 2.24) is 9.97 Å². The van der Waals surface area contributed by atoms with E-state index in [4.69, 9.17) is 10.8 Å². The van der Waals surface area contributed by atoms with E-state index in [1.165, 1.54) is 12.8 Å². The Bertz CT molecular complexity index is 455. The van der Waals surface area contributed by atoms with E-state index in [9.17, 15) is 0 Å². The van der Waals surface area contributed by atoms with Gasteiger partial charge in [-0.1, -0.05) is 20.8 Å². The van der Waals surface area contributed by atoms with Gasteiger partial charge in [0.05, 0.1) is 0 Å². The normalized spacial score (nSPS) is 18.5. The first-order valence-corrected chi connectivity index (χ1v) is 7.06. The molecule has 0 radical (unpaired) electrons. The molecule has 106 valence electrons. The summed E-state index contributed by atoms with van der Waals surface area (Å²) < 4.78 is 0. The van der Waals surface area contributed by atoms with Crippen molar-refractivity contribution < 1.29 is 0 Å². The lowest BCUT2D eigenvalue weighted by Gasteiger charge is -2.39. The maximum atomic E-state index is 5.57. The zero-order valence-corrected chi connectivity index (χ0v) is 12.5. The van der Waals surface area contributed by atoms with E-state index in [0.717, 1.165) is 42.5 Å². The standard InChI is InChI=1S/C14H25N5/c1-5-11-16-12(18-15)10(2)13(17-11)19-8-6-7-14(3,4)9-19/h5-9,15H2,1-4H3,(H,16,17,18). The summed E-state index contributed by atoms with van der Waals surface area (Å²) in [5.74, 6) is 8.19. The Labute approximate surface area is 115 Å². The molecule has 1 aromatic heterocycles. The zero-order chi connectivity index (χ0) is 14.0. The molecule has 0 atom stereocenters. The third-order valence-corrected chi connectivity index (χ3v) is 3.82. The van der Waals surface area contributed by atoms with Crippen LogP contribution in [0.25, 0.3) is 0 Å². The molecule has 0 unspecified atom stereocenters. The highest BCUT2D eigenvalue weighted by atomic mass is 15.3. The highest BCUT2D eigenvalue weighted by Gasteiger charge is 2.28. The molecule has 1 aliphatic rings. The van der Waals surface area contributed by atoms with Crippen LogP contribution in [-0.2, 0) is 6.42 Å². The van der Waals surface area contributed by atoms with Crippen molar-refractivity contribution >= 4 is 11.6 Å². The van der Waals surface area contributed by atoms with Crippen LogP contribution in [0.3, 0.4) is 0 Å². The summed E-state index contributed by atoms with van der Waals surface area (Å²) in [5.41, 5.74) is 4.08. The number of nitrogens with two attached hydrogens (primary N) is 1. The average molecular weight is 263 g/mol. The SMILES string of the molecule is CCc1nc(NN)c(C)c(N2CCCC(C)(C)C2)n1. The van der Waals surface area contributed by atoms with Crippen LogP contribution in [0.15, 0.2) is 0 Å². The van der Waals surface area contributed by atoms with Gasteiger partial charge in [-0.05, 0) is 25.2 Å². The molecule has 1 fully saturated rings. The summed E-state index contributed by atoms with van der Waals surface area (Å²) >= 11 is 0. The number of aryl methyl sites for hydroxylation is 1. The Kier molecular flexibility index (Phi) is 3.94. The minimum atomic E-state index is 0.346. The predicted molar refractivity (Wildman–Crippen MR) is 79.2 cm³/mol. The Hall–Kier alpha value is -1.36. The first kappa shape index (κ1) is 14.1. The minimum absolute atomic E-state index is 0.346. The van der Waals surface area contributed by atoms with Crippen molar-refractivity contribution in [3.63, 3.8) is 0 Å². The molecular formula is C14H25N5. The maximum Gasteiger partial charge on any atom is 0.148 e. The van der Waals surface area contributed by atoms with Crippen LogP contribution in [0.4, 0.5) is 11.6 Å². The van der Waals surface area contributed by atoms with Crippen LogP contribution < -0.4 is 16.2 Å². The second kappa shape index (κ2) is 5.33. The lowest BCUT2D eigenvalue weighted by molar-refractivity contribution is 0.291. The fourth-order valence-electron chi connectivity index (χ4n) is 2.76. The van der Waals surface area contributed by atoms with E-state index in [2.05, 4.69) is 36.1 Å². The van der Waals surface area contributed by atoms with Gasteiger partial charge in [-0.15, -0.1) is 0 Å². The Morgan fingerprint density at radius 3 is 2.68 bits per heavy atom. The van der Waals surface area contributed by atoms with E-state index in [1.807, 2.05) is 6.92 Å². The Balaban J connectivity index is 2.37. The summed E-state index contributed by atoms with van der Waals surface area (Å²) in [6.07, 6.45) is 3.30. The van der Waals surface area contributed by atoms with Crippen molar-refractivity contribution in [3.8, 4) is 0 Å². The van der Waals surface area contributed by atoms with Gasteiger partial charge in [0, 0.05) is 25.1 Å². The van der Waals surface area contributed by atoms with Crippen molar-refractivity contribution in [2.45, 2.75) is 47.0 Å². The largest absolute Gasteiger partial charge is 0.356 e. The molecular weight excluding hydrogens is 238 g/mol. The summed E-state index contributed by atoms with van der Waals surface area (Å²) in [7, 11) is 0. The smallest absolute Gasteiger partial charge is 0.148 e. The van der Waals surface area contributed by atoms with Gasteiger partial charge < -0.3 is 10.3 Å². The molecule has 0 aliphatic carbocycles. The molecule has 0 aromatic carbocycles. The lowest BCUT2D eigenvalue weighted by Crippen LogP contribution is -2.41. The fraction of sp³-hybridized carbons (Fsp3) is 0.714. The van der Waals surface area contributed by atoms with Crippen LogP contribution in [0, 0.1) is 12.3 Å². The van der Waals surface area contributed by atoms with Gasteiger partial charge in [0.25, 0.3) is 0 Å². The highest BCUT2D eigenvalue weighted by Crippen LogP contribution is 2.33. The van der Waals surface area contributed by atoms with Crippen molar-refractivity contribution in [2.75, 3.05) is 23.4 Å². The van der Waals surface area contributed by atoms with Gasteiger partial charge >= 0.3 is 0 Å². The number of nitrogen functional groups attached to an aromatic ring is 1. The number of hydrazine groups is 1. The van der Waals surface area contributed by atoms with Crippen LogP contribution in [0.5, 0.6) is 0 Å². The van der Waals surface area contributed by atoms with Gasteiger partial charge in [0.15, 0.2) is 0 Å². The Morgan fingerprint density at radius 1 is 1.37 bits per heavy atom. The third kappa shape index (κ3) is 2.97. The van der Waals surface area contributed by atoms with Crippen LogP contribution in [0.1, 0.15) is 45.0 Å². The van der Waals surface area contributed by atoms with Crippen LogP contribution in [-0.4, -0.2) is 23.1 Å². The van der Waals surface area contributed by atoms with Crippen molar-refractivity contribution in [2.24, 2.45) is 11.3 Å². The minimum Gasteiger partial charge on any atom is -0.356 e. The average Bonchev–Trinajstić information content (AvgIpc) is 2.38. The van der Waals surface area contributed by atoms with E-state index in [-0.39, 0.29) is 0 Å². The number of anilines is 2. The number of piperidine rings is 1. The molecule has 2 rings (SSSR count). The molecule has 0 spiro atoms. The topological polar surface area (TPSA) is 67.1 Å². The summed E-state index contributed by atoms with van der Waals surface area (Å²) in [4.78, 5) is 11.5. The molecule has 1 aliphatic heterocycles. The third-order valence-electron chi connectivity index (χ3n) is 3.82. The molecule has 0 amide bonds. The monoisotopic (exact) mass is 263 g/mol. The number of nitrogens with one attached hydrogen (secondary N) is 1. The van der Waals surface area contributed by atoms with E-state index in [1.54, 1.807) is 0 Å². The van der Waals surface area contributed by atoms with Gasteiger partial charge in [-0.3, -0.25) is 0 Å². The number of rotatable bonds is 3. The van der Waals surface area contributed by atoms with E-state index in [0.29, 0.717) is 5.41 Å². The molecule has 5 heteroatoms. The summed E-state index contributed by atoms with van der Waals surface area (Å²) in [6, 6.07) is 0. The van der Waals surface area contributed by atoms with Gasteiger partial charge in [0.1, 0.15) is 17.5 Å². The second-order valence-electron chi connectivity index (χ2n) is 6.12. The van der Waals surface area contributed by atoms with E-state index >= 15 is 0 Å². The van der Waals surface area contributed by atoms with Crippen LogP contribution in [0.2, 0.25) is 0 Å². The fourth-order valence-corrected chi connectivity index (χ4v) is 2.76. The Morgan fingerprint density at radius 2 is 2.11 bits per heavy atom. The lowest BCUT2D eigenvalue weighted by atomic mass is 9.84. The highest BCUT2D eigenvalue weighted by molar-refractivity contribution is 5.58. The quantitative estimate of drug-likeness (QED) is 0.647.